The predicted octanol–water partition coefficient (Wildman–Crippen LogP) is 2.21. The summed E-state index contributed by atoms with van der Waals surface area (Å²) in [5.41, 5.74) is 0.883. The standard InChI is InChI=1S/C18H23NO5S/c1-19(15-5-3-4-6-16(15)25(2,23)24)17(20)12-9-13-7-10-14(11-8-13)18(21)22/h7-12,15-16H,3-6H2,1-2H3,(H,21,22). The summed E-state index contributed by atoms with van der Waals surface area (Å²) in [4.78, 5) is 24.7. The first-order valence-electron chi connectivity index (χ1n) is 8.17. The predicted molar refractivity (Wildman–Crippen MR) is 96.1 cm³/mol. The van der Waals surface area contributed by atoms with Gasteiger partial charge in [-0.3, -0.25) is 4.79 Å². The van der Waals surface area contributed by atoms with Crippen LogP contribution in [-0.2, 0) is 14.6 Å². The van der Waals surface area contributed by atoms with Crippen LogP contribution in [0.3, 0.4) is 0 Å². The van der Waals surface area contributed by atoms with Crippen LogP contribution in [0.25, 0.3) is 6.08 Å². The fourth-order valence-corrected chi connectivity index (χ4v) is 4.69. The van der Waals surface area contributed by atoms with Gasteiger partial charge in [0.25, 0.3) is 0 Å². The minimum absolute atomic E-state index is 0.179. The van der Waals surface area contributed by atoms with Crippen LogP contribution < -0.4 is 0 Å². The van der Waals surface area contributed by atoms with Crippen LogP contribution in [0.4, 0.5) is 0 Å². The van der Waals surface area contributed by atoms with Crippen molar-refractivity contribution in [3.8, 4) is 0 Å². The number of carboxylic acids is 1. The van der Waals surface area contributed by atoms with E-state index in [1.807, 2.05) is 0 Å². The molecule has 0 spiro atoms. The van der Waals surface area contributed by atoms with E-state index in [2.05, 4.69) is 0 Å². The molecule has 1 N–H and O–H groups in total. The van der Waals surface area contributed by atoms with Gasteiger partial charge in [-0.25, -0.2) is 13.2 Å². The first-order valence-corrected chi connectivity index (χ1v) is 10.1. The Labute approximate surface area is 148 Å². The lowest BCUT2D eigenvalue weighted by atomic mass is 9.93. The number of sulfone groups is 1. The third-order valence-corrected chi connectivity index (χ3v) is 6.29. The summed E-state index contributed by atoms with van der Waals surface area (Å²) in [5, 5.41) is 8.36. The monoisotopic (exact) mass is 365 g/mol. The molecule has 1 amide bonds. The first-order chi connectivity index (χ1) is 11.7. The molecule has 2 rings (SSSR count). The minimum atomic E-state index is -3.21. The van der Waals surface area contributed by atoms with Gasteiger partial charge in [0.2, 0.25) is 5.91 Å². The number of amides is 1. The van der Waals surface area contributed by atoms with Crippen LogP contribution in [0.5, 0.6) is 0 Å². The number of rotatable bonds is 5. The Morgan fingerprint density at radius 3 is 2.32 bits per heavy atom. The maximum atomic E-state index is 12.4. The molecule has 7 heteroatoms. The summed E-state index contributed by atoms with van der Waals surface area (Å²) in [6.45, 7) is 0. The molecule has 1 fully saturated rings. The van der Waals surface area contributed by atoms with Gasteiger partial charge in [-0.2, -0.15) is 0 Å². The zero-order chi connectivity index (χ0) is 18.6. The molecular formula is C18H23NO5S. The zero-order valence-corrected chi connectivity index (χ0v) is 15.2. The Balaban J connectivity index is 2.09. The average Bonchev–Trinajstić information content (AvgIpc) is 2.58. The number of benzene rings is 1. The summed E-state index contributed by atoms with van der Waals surface area (Å²) in [7, 11) is -1.57. The minimum Gasteiger partial charge on any atom is -0.478 e. The van der Waals surface area contributed by atoms with Crippen molar-refractivity contribution in [2.75, 3.05) is 13.3 Å². The van der Waals surface area contributed by atoms with E-state index in [0.29, 0.717) is 18.4 Å². The number of carbonyl (C=O) groups excluding carboxylic acids is 1. The molecule has 1 saturated carbocycles. The SMILES string of the molecule is CN(C(=O)C=Cc1ccc(C(=O)O)cc1)C1CCCCC1S(C)(=O)=O. The van der Waals surface area contributed by atoms with Crippen molar-refractivity contribution in [1.29, 1.82) is 0 Å². The van der Waals surface area contributed by atoms with Crippen molar-refractivity contribution in [2.24, 2.45) is 0 Å². The van der Waals surface area contributed by atoms with Gasteiger partial charge in [0.15, 0.2) is 9.84 Å². The third kappa shape index (κ3) is 4.92. The van der Waals surface area contributed by atoms with E-state index in [9.17, 15) is 18.0 Å². The van der Waals surface area contributed by atoms with E-state index >= 15 is 0 Å². The molecule has 25 heavy (non-hydrogen) atoms. The number of hydrogen-bond acceptors (Lipinski definition) is 4. The number of aromatic carboxylic acids is 1. The number of carboxylic acid groups (broad SMARTS) is 1. The molecule has 1 aliphatic rings. The highest BCUT2D eigenvalue weighted by Crippen LogP contribution is 2.27. The Kier molecular flexibility index (Phi) is 6.00. The van der Waals surface area contributed by atoms with Gasteiger partial charge in [-0.15, -0.1) is 0 Å². The largest absolute Gasteiger partial charge is 0.478 e. The summed E-state index contributed by atoms with van der Waals surface area (Å²) in [6.07, 6.45) is 7.26. The van der Waals surface area contributed by atoms with Gasteiger partial charge >= 0.3 is 5.97 Å². The van der Waals surface area contributed by atoms with Gasteiger partial charge in [0.1, 0.15) is 0 Å². The molecule has 1 aliphatic carbocycles. The molecule has 6 nitrogen and oxygen atoms in total. The lowest BCUT2D eigenvalue weighted by molar-refractivity contribution is -0.127. The Hall–Kier alpha value is -2.15. The molecule has 0 radical (unpaired) electrons. The summed E-state index contributed by atoms with van der Waals surface area (Å²) in [6, 6.07) is 5.87. The highest BCUT2D eigenvalue weighted by molar-refractivity contribution is 7.91. The number of likely N-dealkylation sites (N-methyl/N-ethyl adjacent to an activating group) is 1. The molecule has 0 aromatic heterocycles. The quantitative estimate of drug-likeness (QED) is 0.808. The number of carbonyl (C=O) groups is 2. The second-order valence-electron chi connectivity index (χ2n) is 6.43. The molecule has 2 atom stereocenters. The molecule has 1 aromatic carbocycles. The second kappa shape index (κ2) is 7.82. The van der Waals surface area contributed by atoms with Crippen LogP contribution in [0, 0.1) is 0 Å². The van der Waals surface area contributed by atoms with Crippen LogP contribution >= 0.6 is 0 Å². The third-order valence-electron chi connectivity index (χ3n) is 4.64. The second-order valence-corrected chi connectivity index (χ2v) is 8.69. The van der Waals surface area contributed by atoms with Crippen LogP contribution in [0.1, 0.15) is 41.6 Å². The Morgan fingerprint density at radius 2 is 1.76 bits per heavy atom. The fraction of sp³-hybridized carbons (Fsp3) is 0.444. The highest BCUT2D eigenvalue weighted by Gasteiger charge is 2.36. The maximum absolute atomic E-state index is 12.4. The maximum Gasteiger partial charge on any atom is 0.335 e. The molecule has 0 saturated heterocycles. The molecular weight excluding hydrogens is 342 g/mol. The smallest absolute Gasteiger partial charge is 0.335 e. The topological polar surface area (TPSA) is 91.8 Å². The molecule has 1 aromatic rings. The van der Waals surface area contributed by atoms with Crippen molar-refractivity contribution >= 4 is 27.8 Å². The number of nitrogens with zero attached hydrogens (tertiary/aromatic N) is 1. The van der Waals surface area contributed by atoms with Crippen molar-refractivity contribution < 1.29 is 23.1 Å². The molecule has 0 heterocycles. The molecule has 0 bridgehead atoms. The van der Waals surface area contributed by atoms with Crippen LogP contribution in [0.15, 0.2) is 30.3 Å². The average molecular weight is 365 g/mol. The van der Waals surface area contributed by atoms with Gasteiger partial charge in [-0.05, 0) is 36.6 Å². The van der Waals surface area contributed by atoms with Crippen molar-refractivity contribution in [2.45, 2.75) is 37.0 Å². The molecule has 2 unspecified atom stereocenters. The Bertz CT molecular complexity index is 767. The summed E-state index contributed by atoms with van der Waals surface area (Å²) >= 11 is 0. The van der Waals surface area contributed by atoms with Gasteiger partial charge < -0.3 is 10.0 Å². The van der Waals surface area contributed by atoms with E-state index < -0.39 is 21.1 Å². The number of hydrogen-bond donors (Lipinski definition) is 1. The van der Waals surface area contributed by atoms with Gasteiger partial charge in [0, 0.05) is 25.4 Å². The van der Waals surface area contributed by atoms with Crippen LogP contribution in [-0.4, -0.2) is 54.9 Å². The Morgan fingerprint density at radius 1 is 1.16 bits per heavy atom. The lowest BCUT2D eigenvalue weighted by Gasteiger charge is -2.36. The van der Waals surface area contributed by atoms with Crippen molar-refractivity contribution in [3.63, 3.8) is 0 Å². The lowest BCUT2D eigenvalue weighted by Crippen LogP contribution is -2.48. The van der Waals surface area contributed by atoms with E-state index in [0.717, 1.165) is 12.8 Å². The van der Waals surface area contributed by atoms with Gasteiger partial charge in [0.05, 0.1) is 10.8 Å². The van der Waals surface area contributed by atoms with Crippen molar-refractivity contribution in [1.82, 2.24) is 4.90 Å². The van der Waals surface area contributed by atoms with E-state index in [1.165, 1.54) is 29.4 Å². The normalized spacial score (nSPS) is 21.2. The van der Waals surface area contributed by atoms with E-state index in [-0.39, 0.29) is 17.5 Å². The van der Waals surface area contributed by atoms with E-state index in [4.69, 9.17) is 5.11 Å². The van der Waals surface area contributed by atoms with Crippen molar-refractivity contribution in [3.05, 3.63) is 41.5 Å². The van der Waals surface area contributed by atoms with Crippen LogP contribution in [0.2, 0.25) is 0 Å². The molecule has 136 valence electrons. The fourth-order valence-electron chi connectivity index (χ4n) is 3.21. The molecule has 0 aliphatic heterocycles. The summed E-state index contributed by atoms with van der Waals surface area (Å²) in [5.74, 6) is -1.27. The highest BCUT2D eigenvalue weighted by atomic mass is 32.2. The summed E-state index contributed by atoms with van der Waals surface area (Å²) < 4.78 is 24.0. The zero-order valence-electron chi connectivity index (χ0n) is 14.4. The van der Waals surface area contributed by atoms with E-state index in [1.54, 1.807) is 25.3 Å². The van der Waals surface area contributed by atoms with Gasteiger partial charge in [-0.1, -0.05) is 25.0 Å². The first kappa shape index (κ1) is 19.2.